The zero-order valence-electron chi connectivity index (χ0n) is 14.5. The number of hydrogen-bond acceptors (Lipinski definition) is 2. The van der Waals surface area contributed by atoms with Gasteiger partial charge in [0.05, 0.1) is 0 Å². The molecule has 0 unspecified atom stereocenters. The number of fused-ring (bicyclic) bond motifs is 1. The highest BCUT2D eigenvalue weighted by Gasteiger charge is 2.37. The van der Waals surface area contributed by atoms with Gasteiger partial charge in [-0.3, -0.25) is 0 Å². The highest BCUT2D eigenvalue weighted by Crippen LogP contribution is 2.37. The summed E-state index contributed by atoms with van der Waals surface area (Å²) in [6.07, 6.45) is 5.99. The number of urea groups is 2. The van der Waals surface area contributed by atoms with Crippen molar-refractivity contribution in [3.63, 3.8) is 0 Å². The number of likely N-dealkylation sites (tertiary alicyclic amines) is 1. The summed E-state index contributed by atoms with van der Waals surface area (Å²) in [4.78, 5) is 28.5. The largest absolute Gasteiger partial charge is 0.336 e. The maximum atomic E-state index is 12.9. The molecule has 0 bridgehead atoms. The first-order chi connectivity index (χ1) is 12.2. The van der Waals surface area contributed by atoms with Gasteiger partial charge in [-0.1, -0.05) is 24.6 Å². The van der Waals surface area contributed by atoms with Crippen LogP contribution in [0.3, 0.4) is 0 Å². The van der Waals surface area contributed by atoms with Crippen molar-refractivity contribution in [3.8, 4) is 0 Å². The molecule has 134 valence electrons. The first-order valence-electron chi connectivity index (χ1n) is 9.40. The van der Waals surface area contributed by atoms with Gasteiger partial charge in [0.1, 0.15) is 0 Å². The monoisotopic (exact) mass is 342 g/mol. The number of benzene rings is 1. The van der Waals surface area contributed by atoms with E-state index in [0.29, 0.717) is 31.6 Å². The van der Waals surface area contributed by atoms with Crippen LogP contribution in [0.5, 0.6) is 0 Å². The van der Waals surface area contributed by atoms with E-state index in [-0.39, 0.29) is 12.1 Å². The number of rotatable bonds is 3. The predicted molar refractivity (Wildman–Crippen MR) is 96.3 cm³/mol. The second-order valence-electron chi connectivity index (χ2n) is 7.33. The van der Waals surface area contributed by atoms with Crippen molar-refractivity contribution in [2.75, 3.05) is 25.0 Å². The van der Waals surface area contributed by atoms with E-state index in [1.807, 2.05) is 29.2 Å². The van der Waals surface area contributed by atoms with Crippen molar-refractivity contribution < 1.29 is 9.59 Å². The normalized spacial score (nSPS) is 25.7. The molecule has 2 aliphatic heterocycles. The van der Waals surface area contributed by atoms with Crippen molar-refractivity contribution in [2.24, 2.45) is 5.92 Å². The molecule has 2 heterocycles. The van der Waals surface area contributed by atoms with Crippen molar-refractivity contribution in [2.45, 2.75) is 44.7 Å². The molecule has 0 aromatic heterocycles. The summed E-state index contributed by atoms with van der Waals surface area (Å²) < 4.78 is 0. The van der Waals surface area contributed by atoms with Crippen LogP contribution in [0, 0.1) is 5.92 Å². The van der Waals surface area contributed by atoms with E-state index in [1.54, 1.807) is 4.90 Å². The van der Waals surface area contributed by atoms with Gasteiger partial charge in [0.2, 0.25) is 0 Å². The molecule has 6 heteroatoms. The predicted octanol–water partition coefficient (Wildman–Crippen LogP) is 3.01. The molecule has 6 nitrogen and oxygen atoms in total. The van der Waals surface area contributed by atoms with Gasteiger partial charge in [0, 0.05) is 37.9 Å². The molecule has 0 spiro atoms. The Morgan fingerprint density at radius 3 is 2.84 bits per heavy atom. The van der Waals surface area contributed by atoms with Gasteiger partial charge < -0.3 is 20.4 Å². The fourth-order valence-corrected chi connectivity index (χ4v) is 4.54. The Morgan fingerprint density at radius 2 is 2.00 bits per heavy atom. The van der Waals surface area contributed by atoms with Crippen LogP contribution < -0.4 is 10.6 Å². The SMILES string of the molecule is O=C1NCCN1Cc1ccccc1NC(=O)N1CCC[C@H]2CCC[C@H]21. The number of nitrogens with one attached hydrogen (secondary N) is 2. The summed E-state index contributed by atoms with van der Waals surface area (Å²) in [7, 11) is 0. The molecule has 2 saturated heterocycles. The van der Waals surface area contributed by atoms with E-state index < -0.39 is 0 Å². The van der Waals surface area contributed by atoms with Crippen molar-refractivity contribution in [1.29, 1.82) is 0 Å². The molecule has 4 amide bonds. The smallest absolute Gasteiger partial charge is 0.322 e. The third kappa shape index (κ3) is 3.30. The minimum absolute atomic E-state index is 0.00919. The first-order valence-corrected chi connectivity index (χ1v) is 9.40. The van der Waals surface area contributed by atoms with Gasteiger partial charge in [-0.25, -0.2) is 9.59 Å². The molecular weight excluding hydrogens is 316 g/mol. The molecule has 2 atom stereocenters. The number of hydrogen-bond donors (Lipinski definition) is 2. The topological polar surface area (TPSA) is 64.7 Å². The van der Waals surface area contributed by atoms with E-state index in [0.717, 1.165) is 30.6 Å². The zero-order valence-corrected chi connectivity index (χ0v) is 14.5. The molecule has 1 aromatic carbocycles. The van der Waals surface area contributed by atoms with Gasteiger partial charge >= 0.3 is 12.1 Å². The average molecular weight is 342 g/mol. The maximum absolute atomic E-state index is 12.9. The number of carbonyl (C=O) groups excluding carboxylic acids is 2. The molecule has 0 radical (unpaired) electrons. The Labute approximate surface area is 148 Å². The average Bonchev–Trinajstić information content (AvgIpc) is 3.25. The fourth-order valence-electron chi connectivity index (χ4n) is 4.54. The van der Waals surface area contributed by atoms with E-state index in [9.17, 15) is 9.59 Å². The molecule has 3 fully saturated rings. The van der Waals surface area contributed by atoms with Crippen LogP contribution in [0.2, 0.25) is 0 Å². The van der Waals surface area contributed by atoms with Crippen LogP contribution in [0.4, 0.5) is 15.3 Å². The maximum Gasteiger partial charge on any atom is 0.322 e. The Morgan fingerprint density at radius 1 is 1.16 bits per heavy atom. The summed E-state index contributed by atoms with van der Waals surface area (Å²) in [5.74, 6) is 0.683. The molecule has 2 N–H and O–H groups in total. The van der Waals surface area contributed by atoms with Crippen LogP contribution in [0.15, 0.2) is 24.3 Å². The van der Waals surface area contributed by atoms with Crippen LogP contribution in [-0.2, 0) is 6.54 Å². The fraction of sp³-hybridized carbons (Fsp3) is 0.579. The van der Waals surface area contributed by atoms with Crippen molar-refractivity contribution >= 4 is 17.7 Å². The first kappa shape index (κ1) is 16.2. The summed E-state index contributed by atoms with van der Waals surface area (Å²) in [5, 5.41) is 5.93. The molecule has 25 heavy (non-hydrogen) atoms. The number of para-hydroxylation sites is 1. The number of piperidine rings is 1. The van der Waals surface area contributed by atoms with Crippen molar-refractivity contribution in [3.05, 3.63) is 29.8 Å². The number of nitrogens with zero attached hydrogens (tertiary/aromatic N) is 2. The molecule has 4 rings (SSSR count). The van der Waals surface area contributed by atoms with Gasteiger partial charge in [-0.15, -0.1) is 0 Å². The lowest BCUT2D eigenvalue weighted by Crippen LogP contribution is -2.48. The quantitative estimate of drug-likeness (QED) is 0.887. The second-order valence-corrected chi connectivity index (χ2v) is 7.33. The van der Waals surface area contributed by atoms with Crippen LogP contribution in [0.1, 0.15) is 37.7 Å². The summed E-state index contributed by atoms with van der Waals surface area (Å²) in [6.45, 7) is 2.76. The highest BCUT2D eigenvalue weighted by atomic mass is 16.2. The lowest BCUT2D eigenvalue weighted by Gasteiger charge is -2.37. The molecule has 1 aliphatic carbocycles. The zero-order chi connectivity index (χ0) is 17.2. The number of amides is 4. The van der Waals surface area contributed by atoms with Crippen LogP contribution >= 0.6 is 0 Å². The van der Waals surface area contributed by atoms with E-state index in [2.05, 4.69) is 10.6 Å². The Bertz CT molecular complexity index is 663. The lowest BCUT2D eigenvalue weighted by atomic mass is 9.92. The Hall–Kier alpha value is -2.24. The third-order valence-electron chi connectivity index (χ3n) is 5.82. The molecule has 1 saturated carbocycles. The van der Waals surface area contributed by atoms with Gasteiger partial charge in [-0.2, -0.15) is 0 Å². The summed E-state index contributed by atoms with van der Waals surface area (Å²) in [6, 6.07) is 8.17. The van der Waals surface area contributed by atoms with E-state index in [4.69, 9.17) is 0 Å². The van der Waals surface area contributed by atoms with Gasteiger partial charge in [0.15, 0.2) is 0 Å². The standard InChI is InChI=1S/C19H26N4O2/c24-18-20-10-12-22(18)13-15-5-1-2-8-16(15)21-19(25)23-11-4-7-14-6-3-9-17(14)23/h1-2,5,8,14,17H,3-4,6-7,9-13H2,(H,20,24)(H,21,25)/t14-,17-/m1/s1. The van der Waals surface area contributed by atoms with E-state index in [1.165, 1.54) is 19.3 Å². The molecule has 1 aromatic rings. The Balaban J connectivity index is 1.46. The highest BCUT2D eigenvalue weighted by molar-refractivity contribution is 5.90. The van der Waals surface area contributed by atoms with E-state index >= 15 is 0 Å². The minimum Gasteiger partial charge on any atom is -0.336 e. The minimum atomic E-state index is -0.0362. The van der Waals surface area contributed by atoms with Crippen LogP contribution in [0.25, 0.3) is 0 Å². The number of anilines is 1. The van der Waals surface area contributed by atoms with Crippen molar-refractivity contribution in [1.82, 2.24) is 15.1 Å². The summed E-state index contributed by atoms with van der Waals surface area (Å²) in [5.41, 5.74) is 1.79. The molecular formula is C19H26N4O2. The van der Waals surface area contributed by atoms with Crippen LogP contribution in [-0.4, -0.2) is 47.5 Å². The van der Waals surface area contributed by atoms with Gasteiger partial charge in [-0.05, 0) is 43.2 Å². The lowest BCUT2D eigenvalue weighted by molar-refractivity contribution is 0.138. The van der Waals surface area contributed by atoms with Gasteiger partial charge in [0.25, 0.3) is 0 Å². The number of carbonyl (C=O) groups is 2. The third-order valence-corrected chi connectivity index (χ3v) is 5.82. The summed E-state index contributed by atoms with van der Waals surface area (Å²) >= 11 is 0. The molecule has 3 aliphatic rings. The second kappa shape index (κ2) is 6.94. The Kier molecular flexibility index (Phi) is 4.51.